The van der Waals surface area contributed by atoms with Crippen LogP contribution in [0.25, 0.3) is 12.8 Å². The summed E-state index contributed by atoms with van der Waals surface area (Å²) in [6.45, 7) is 4.20. The molecule has 0 atom stereocenters. The molecular weight excluding hydrogens is 310 g/mol. The monoisotopic (exact) mass is 327 g/mol. The van der Waals surface area contributed by atoms with Gasteiger partial charge >= 0.3 is 5.97 Å². The van der Waals surface area contributed by atoms with Gasteiger partial charge in [0, 0.05) is 18.3 Å². The smallest absolute Gasteiger partial charge is 0.337 e. The summed E-state index contributed by atoms with van der Waals surface area (Å²) in [5.74, 6) is 5.56. The first-order valence-corrected chi connectivity index (χ1v) is 7.04. The van der Waals surface area contributed by atoms with Crippen molar-refractivity contribution in [3.8, 4) is 0 Å². The number of methoxy groups -OCH3 is 1. The molecule has 124 valence electrons. The van der Waals surface area contributed by atoms with E-state index >= 15 is 0 Å². The molecule has 0 bridgehead atoms. The maximum atomic E-state index is 11.4. The van der Waals surface area contributed by atoms with Gasteiger partial charge in [0.1, 0.15) is 0 Å². The number of benzene rings is 2. The molecule has 0 amide bonds. The van der Waals surface area contributed by atoms with Crippen molar-refractivity contribution >= 4 is 24.4 Å². The molecule has 0 unspecified atom stereocenters. The largest absolute Gasteiger partial charge is 0.465 e. The normalized spacial score (nSPS) is 11.2. The molecule has 7 heteroatoms. The summed E-state index contributed by atoms with van der Waals surface area (Å²) in [5.41, 5.74) is 1.34. The van der Waals surface area contributed by atoms with Crippen molar-refractivity contribution in [1.29, 1.82) is 0 Å². The number of non-ortho nitro benzene ring substituents is 1. The van der Waals surface area contributed by atoms with Crippen LogP contribution in [0.2, 0.25) is 0 Å². The Labute approximate surface area is 138 Å². The molecule has 2 N–H and O–H groups in total. The van der Waals surface area contributed by atoms with Crippen molar-refractivity contribution in [1.82, 2.24) is 5.01 Å². The van der Waals surface area contributed by atoms with Crippen LogP contribution in [0.15, 0.2) is 42.5 Å². The van der Waals surface area contributed by atoms with E-state index in [1.54, 1.807) is 36.5 Å². The van der Waals surface area contributed by atoms with Gasteiger partial charge in [-0.15, -0.1) is 0 Å². The van der Waals surface area contributed by atoms with Gasteiger partial charge < -0.3 is 9.75 Å². The van der Waals surface area contributed by atoms with Crippen LogP contribution in [0.4, 0.5) is 5.69 Å². The van der Waals surface area contributed by atoms with Crippen LogP contribution in [-0.2, 0) is 11.3 Å². The Morgan fingerprint density at radius 3 is 2.54 bits per heavy atom. The quantitative estimate of drug-likeness (QED) is 0.379. The fourth-order valence-electron chi connectivity index (χ4n) is 2.13. The van der Waals surface area contributed by atoms with Gasteiger partial charge in [0.05, 0.1) is 24.1 Å². The summed E-state index contributed by atoms with van der Waals surface area (Å²) in [6, 6.07) is 11.3. The molecule has 2 aromatic rings. The number of carbonyl (C=O) groups excluding carboxylic acids is 1. The minimum Gasteiger partial charge on any atom is -0.465 e. The molecule has 0 aliphatic heterocycles. The van der Waals surface area contributed by atoms with E-state index in [9.17, 15) is 14.9 Å². The molecule has 24 heavy (non-hydrogen) atoms. The summed E-state index contributed by atoms with van der Waals surface area (Å²) in [5, 5.41) is 13.4. The number of nitrogens with two attached hydrogens (primary N) is 1. The van der Waals surface area contributed by atoms with Crippen molar-refractivity contribution in [3.05, 3.63) is 74.1 Å². The van der Waals surface area contributed by atoms with Gasteiger partial charge in [0.2, 0.25) is 0 Å². The second-order valence-corrected chi connectivity index (χ2v) is 5.13. The van der Waals surface area contributed by atoms with Crippen LogP contribution in [0.1, 0.15) is 15.9 Å². The predicted octanol–water partition coefficient (Wildman–Crippen LogP) is 0.906. The van der Waals surface area contributed by atoms with Crippen molar-refractivity contribution in [2.45, 2.75) is 6.54 Å². The topological polar surface area (TPSA) is 98.7 Å². The van der Waals surface area contributed by atoms with Crippen LogP contribution < -0.4 is 16.3 Å². The average Bonchev–Trinajstić information content (AvgIpc) is 2.56. The summed E-state index contributed by atoms with van der Waals surface area (Å²) in [4.78, 5) is 21.6. The number of hydrogen-bond acceptors (Lipinski definition) is 6. The van der Waals surface area contributed by atoms with E-state index in [1.807, 2.05) is 0 Å². The zero-order valence-electron chi connectivity index (χ0n) is 13.1. The fourth-order valence-corrected chi connectivity index (χ4v) is 2.13. The first-order valence-electron chi connectivity index (χ1n) is 7.04. The summed E-state index contributed by atoms with van der Waals surface area (Å²) in [6.07, 6.45) is 1.65. The van der Waals surface area contributed by atoms with Gasteiger partial charge in [0.15, 0.2) is 0 Å². The molecule has 0 saturated heterocycles. The summed E-state index contributed by atoms with van der Waals surface area (Å²) in [7, 11) is 1.33. The molecule has 0 fully saturated rings. The Kier molecular flexibility index (Phi) is 5.28. The number of nitrogens with zero attached hydrogens (tertiary/aromatic N) is 2. The Balaban J connectivity index is 2.15. The SMILES string of the molecule is C=c1cc([N+](=O)[O-])cc/c1=C/N(N)Cc1ccc(C(=O)OC)cc1. The molecule has 0 aliphatic rings. The lowest BCUT2D eigenvalue weighted by atomic mass is 10.1. The number of nitro benzene ring substituents is 1. The van der Waals surface area contributed by atoms with Gasteiger partial charge in [-0.1, -0.05) is 18.7 Å². The predicted molar refractivity (Wildman–Crippen MR) is 89.8 cm³/mol. The molecule has 0 heterocycles. The maximum Gasteiger partial charge on any atom is 0.337 e. The van der Waals surface area contributed by atoms with E-state index in [1.165, 1.54) is 24.3 Å². The lowest BCUT2D eigenvalue weighted by Gasteiger charge is -2.13. The third-order valence-electron chi connectivity index (χ3n) is 3.38. The molecule has 7 nitrogen and oxygen atoms in total. The van der Waals surface area contributed by atoms with Crippen LogP contribution in [0.3, 0.4) is 0 Å². The first kappa shape index (κ1) is 17.2. The molecular formula is C17H17N3O4. The second kappa shape index (κ2) is 7.38. The zero-order chi connectivity index (χ0) is 17.7. The molecule has 0 radical (unpaired) electrons. The van der Waals surface area contributed by atoms with Gasteiger partial charge in [0.25, 0.3) is 5.69 Å². The molecule has 0 aliphatic carbocycles. The van der Waals surface area contributed by atoms with E-state index in [-0.39, 0.29) is 5.69 Å². The molecule has 0 saturated carbocycles. The van der Waals surface area contributed by atoms with Gasteiger partial charge in [-0.2, -0.15) is 0 Å². The lowest BCUT2D eigenvalue weighted by Crippen LogP contribution is -2.32. The highest BCUT2D eigenvalue weighted by Gasteiger charge is 2.06. The van der Waals surface area contributed by atoms with Gasteiger partial charge in [-0.05, 0) is 34.2 Å². The van der Waals surface area contributed by atoms with E-state index in [2.05, 4.69) is 11.3 Å². The molecule has 0 spiro atoms. The van der Waals surface area contributed by atoms with Crippen molar-refractivity contribution in [2.24, 2.45) is 5.84 Å². The number of nitro groups is 1. The standard InChI is InChI=1S/C17H17N3O4/c1-12-9-16(20(22)23)8-7-15(12)11-19(18)10-13-3-5-14(6-4-13)17(21)24-2/h3-9,11H,1,10,18H2,2H3/b15-11-. The highest BCUT2D eigenvalue weighted by atomic mass is 16.6. The van der Waals surface area contributed by atoms with E-state index in [4.69, 9.17) is 5.84 Å². The van der Waals surface area contributed by atoms with E-state index < -0.39 is 10.9 Å². The number of rotatable bonds is 5. The summed E-state index contributed by atoms with van der Waals surface area (Å²) >= 11 is 0. The average molecular weight is 327 g/mol. The second-order valence-electron chi connectivity index (χ2n) is 5.13. The fraction of sp³-hybridized carbons (Fsp3) is 0.118. The van der Waals surface area contributed by atoms with E-state index in [0.29, 0.717) is 22.5 Å². The number of esters is 1. The van der Waals surface area contributed by atoms with Crippen LogP contribution in [-0.4, -0.2) is 23.0 Å². The summed E-state index contributed by atoms with van der Waals surface area (Å²) < 4.78 is 4.64. The number of ether oxygens (including phenoxy) is 1. The van der Waals surface area contributed by atoms with Crippen LogP contribution in [0.5, 0.6) is 0 Å². The molecule has 2 rings (SSSR count). The van der Waals surface area contributed by atoms with E-state index in [0.717, 1.165) is 5.56 Å². The van der Waals surface area contributed by atoms with Crippen molar-refractivity contribution in [2.75, 3.05) is 7.11 Å². The molecule has 2 aromatic carbocycles. The Morgan fingerprint density at radius 2 is 2.00 bits per heavy atom. The van der Waals surface area contributed by atoms with Crippen molar-refractivity contribution in [3.63, 3.8) is 0 Å². The van der Waals surface area contributed by atoms with Crippen molar-refractivity contribution < 1.29 is 14.5 Å². The first-order chi connectivity index (χ1) is 11.4. The third kappa shape index (κ3) is 4.17. The maximum absolute atomic E-state index is 11.4. The Morgan fingerprint density at radius 1 is 1.33 bits per heavy atom. The van der Waals surface area contributed by atoms with Gasteiger partial charge in [-0.25, -0.2) is 10.6 Å². The minimum absolute atomic E-state index is 0.0147. The van der Waals surface area contributed by atoms with Crippen LogP contribution in [0, 0.1) is 10.1 Å². The highest BCUT2D eigenvalue weighted by Crippen LogP contribution is 2.07. The number of carbonyl (C=O) groups is 1. The number of hydrazine groups is 1. The minimum atomic E-state index is -0.471. The number of hydrogen-bond donors (Lipinski definition) is 1. The Bertz CT molecular complexity index is 862. The zero-order valence-corrected chi connectivity index (χ0v) is 13.1. The highest BCUT2D eigenvalue weighted by molar-refractivity contribution is 5.89. The lowest BCUT2D eigenvalue weighted by molar-refractivity contribution is -0.385. The Hall–Kier alpha value is -3.19. The molecule has 0 aromatic heterocycles. The van der Waals surface area contributed by atoms with Gasteiger partial charge in [-0.3, -0.25) is 10.1 Å². The van der Waals surface area contributed by atoms with Crippen LogP contribution >= 0.6 is 0 Å². The third-order valence-corrected chi connectivity index (χ3v) is 3.38.